The van der Waals surface area contributed by atoms with Gasteiger partial charge in [0.25, 0.3) is 0 Å². The summed E-state index contributed by atoms with van der Waals surface area (Å²) in [5, 5.41) is 8.30. The van der Waals surface area contributed by atoms with Crippen molar-refractivity contribution in [1.82, 2.24) is 29.7 Å². The SMILES string of the molecule is COc1ncnc(OC)c1-n1c(CS(=O)(=O)[C@@H](C)[C@H](C)c2ccc(Cl)cn2)nnc1-c1ccccc1. The Morgan fingerprint density at radius 3 is 2.19 bits per heavy atom. The number of methoxy groups -OCH3 is 2. The number of halogens is 1. The number of sulfone groups is 1. The van der Waals surface area contributed by atoms with Gasteiger partial charge in [-0.2, -0.15) is 9.97 Å². The molecule has 36 heavy (non-hydrogen) atoms. The monoisotopic (exact) mass is 528 g/mol. The smallest absolute Gasteiger partial charge is 0.245 e. The summed E-state index contributed by atoms with van der Waals surface area (Å²) in [6.45, 7) is 3.47. The lowest BCUT2D eigenvalue weighted by Gasteiger charge is -2.20. The summed E-state index contributed by atoms with van der Waals surface area (Å²) < 4.78 is 39.7. The highest BCUT2D eigenvalue weighted by Gasteiger charge is 2.32. The second-order valence-electron chi connectivity index (χ2n) is 8.08. The van der Waals surface area contributed by atoms with Crippen LogP contribution in [0.4, 0.5) is 0 Å². The molecule has 0 spiro atoms. The molecule has 0 amide bonds. The van der Waals surface area contributed by atoms with Gasteiger partial charge in [-0.25, -0.2) is 8.42 Å². The maximum absolute atomic E-state index is 13.6. The zero-order chi connectivity index (χ0) is 25.9. The van der Waals surface area contributed by atoms with E-state index in [2.05, 4.69) is 25.1 Å². The number of hydrogen-bond donors (Lipinski definition) is 0. The van der Waals surface area contributed by atoms with E-state index >= 15 is 0 Å². The number of rotatable bonds is 9. The molecule has 1 aromatic carbocycles. The topological polar surface area (TPSA) is 122 Å². The molecule has 3 heterocycles. The number of ether oxygens (including phenoxy) is 2. The molecule has 3 aromatic heterocycles. The van der Waals surface area contributed by atoms with Crippen molar-refractivity contribution in [2.75, 3.05) is 14.2 Å². The van der Waals surface area contributed by atoms with Crippen LogP contribution in [0.5, 0.6) is 11.8 Å². The maximum Gasteiger partial charge on any atom is 0.245 e. The molecule has 2 atom stereocenters. The Morgan fingerprint density at radius 1 is 0.944 bits per heavy atom. The van der Waals surface area contributed by atoms with Crippen molar-refractivity contribution in [3.63, 3.8) is 0 Å². The number of pyridine rings is 1. The van der Waals surface area contributed by atoms with Gasteiger partial charge in [0, 0.05) is 23.4 Å². The molecule has 0 aliphatic rings. The largest absolute Gasteiger partial charge is 0.479 e. The molecule has 188 valence electrons. The van der Waals surface area contributed by atoms with E-state index in [9.17, 15) is 8.42 Å². The second-order valence-corrected chi connectivity index (χ2v) is 10.9. The number of nitrogens with zero attached hydrogens (tertiary/aromatic N) is 6. The van der Waals surface area contributed by atoms with Crippen molar-refractivity contribution >= 4 is 21.4 Å². The number of hydrogen-bond acceptors (Lipinski definition) is 9. The molecule has 0 aliphatic carbocycles. The average Bonchev–Trinajstić information content (AvgIpc) is 3.30. The maximum atomic E-state index is 13.6. The van der Waals surface area contributed by atoms with Crippen LogP contribution in [0.1, 0.15) is 31.3 Å². The number of benzene rings is 1. The van der Waals surface area contributed by atoms with Crippen LogP contribution in [0.2, 0.25) is 5.02 Å². The van der Waals surface area contributed by atoms with Gasteiger partial charge in [-0.3, -0.25) is 9.55 Å². The molecule has 4 aromatic rings. The molecule has 0 aliphatic heterocycles. The molecular formula is C24H25ClN6O4S. The van der Waals surface area contributed by atoms with E-state index in [1.165, 1.54) is 26.7 Å². The predicted octanol–water partition coefficient (Wildman–Crippen LogP) is 3.90. The third-order valence-corrected chi connectivity index (χ3v) is 8.37. The van der Waals surface area contributed by atoms with Gasteiger partial charge in [0.05, 0.1) is 24.5 Å². The normalized spacial score (nSPS) is 13.2. The van der Waals surface area contributed by atoms with Crippen molar-refractivity contribution in [3.8, 4) is 28.8 Å². The Labute approximate surface area is 214 Å². The minimum absolute atomic E-state index is 0.170. The zero-order valence-electron chi connectivity index (χ0n) is 20.2. The highest BCUT2D eigenvalue weighted by Crippen LogP contribution is 2.34. The third kappa shape index (κ3) is 5.02. The van der Waals surface area contributed by atoms with Gasteiger partial charge in [0.2, 0.25) is 11.8 Å². The quantitative estimate of drug-likeness (QED) is 0.318. The van der Waals surface area contributed by atoms with Gasteiger partial charge in [-0.05, 0) is 19.1 Å². The van der Waals surface area contributed by atoms with Crippen molar-refractivity contribution < 1.29 is 17.9 Å². The first-order valence-corrected chi connectivity index (χ1v) is 13.1. The van der Waals surface area contributed by atoms with Crippen LogP contribution in [0, 0.1) is 0 Å². The fraction of sp³-hybridized carbons (Fsp3) is 0.292. The summed E-state index contributed by atoms with van der Waals surface area (Å²) in [6.07, 6.45) is 2.80. The Kier molecular flexibility index (Phi) is 7.51. The van der Waals surface area contributed by atoms with Crippen molar-refractivity contribution in [2.24, 2.45) is 0 Å². The summed E-state index contributed by atoms with van der Waals surface area (Å²) >= 11 is 5.94. The van der Waals surface area contributed by atoms with Gasteiger partial charge in [-0.15, -0.1) is 10.2 Å². The molecule has 0 saturated heterocycles. The highest BCUT2D eigenvalue weighted by molar-refractivity contribution is 7.91. The van der Waals surface area contributed by atoms with E-state index in [1.54, 1.807) is 23.6 Å². The Bertz CT molecular complexity index is 1420. The standard InChI is InChI=1S/C24H25ClN6O4S/c1-15(19-11-10-18(25)12-26-19)16(2)36(32,33)13-20-29-30-22(17-8-6-5-7-9-17)31(20)21-23(34-3)27-14-28-24(21)35-4/h5-12,14-16H,13H2,1-4H3/t15-,16-/m0/s1. The second kappa shape index (κ2) is 10.6. The first kappa shape index (κ1) is 25.5. The van der Waals surface area contributed by atoms with Crippen molar-refractivity contribution in [3.05, 3.63) is 71.5 Å². The molecule has 0 saturated carbocycles. The lowest BCUT2D eigenvalue weighted by molar-refractivity contribution is 0.368. The van der Waals surface area contributed by atoms with Crippen LogP contribution < -0.4 is 9.47 Å². The molecule has 0 bridgehead atoms. The van der Waals surface area contributed by atoms with Gasteiger partial charge >= 0.3 is 0 Å². The van der Waals surface area contributed by atoms with E-state index in [1.807, 2.05) is 37.3 Å². The summed E-state index contributed by atoms with van der Waals surface area (Å²) in [4.78, 5) is 12.7. The number of aromatic nitrogens is 6. The summed E-state index contributed by atoms with van der Waals surface area (Å²) in [5.74, 6) is 0.151. The lowest BCUT2D eigenvalue weighted by atomic mass is 10.0. The van der Waals surface area contributed by atoms with Crippen molar-refractivity contribution in [1.29, 1.82) is 0 Å². The fourth-order valence-corrected chi connectivity index (χ4v) is 5.46. The summed E-state index contributed by atoms with van der Waals surface area (Å²) in [7, 11) is -0.817. The highest BCUT2D eigenvalue weighted by atomic mass is 35.5. The fourth-order valence-electron chi connectivity index (χ4n) is 3.78. The zero-order valence-corrected chi connectivity index (χ0v) is 21.7. The molecule has 10 nitrogen and oxygen atoms in total. The Morgan fingerprint density at radius 2 is 1.61 bits per heavy atom. The summed E-state index contributed by atoms with van der Waals surface area (Å²) in [6, 6.07) is 12.7. The first-order valence-electron chi connectivity index (χ1n) is 11.0. The van der Waals surface area contributed by atoms with Crippen LogP contribution in [0.25, 0.3) is 17.1 Å². The molecule has 0 fully saturated rings. The molecular weight excluding hydrogens is 504 g/mol. The Hall–Kier alpha value is -3.57. The van der Waals surface area contributed by atoms with Crippen molar-refractivity contribution in [2.45, 2.75) is 30.8 Å². The molecule has 0 radical (unpaired) electrons. The van der Waals surface area contributed by atoms with E-state index in [4.69, 9.17) is 21.1 Å². The van der Waals surface area contributed by atoms with Crippen LogP contribution in [0.15, 0.2) is 55.0 Å². The van der Waals surface area contributed by atoms with E-state index in [-0.39, 0.29) is 23.5 Å². The van der Waals surface area contributed by atoms with Crippen LogP contribution >= 0.6 is 11.6 Å². The van der Waals surface area contributed by atoms with E-state index < -0.39 is 20.8 Å². The Balaban J connectivity index is 1.81. The minimum atomic E-state index is -3.73. The summed E-state index contributed by atoms with van der Waals surface area (Å²) in [5.41, 5.74) is 1.65. The van der Waals surface area contributed by atoms with Gasteiger partial charge in [-0.1, -0.05) is 48.9 Å². The molecule has 0 N–H and O–H groups in total. The van der Waals surface area contributed by atoms with Crippen LogP contribution in [-0.4, -0.2) is 57.6 Å². The van der Waals surface area contributed by atoms with E-state index in [0.29, 0.717) is 27.8 Å². The van der Waals surface area contributed by atoms with E-state index in [0.717, 1.165) is 0 Å². The third-order valence-electron chi connectivity index (χ3n) is 5.95. The van der Waals surface area contributed by atoms with Crippen LogP contribution in [-0.2, 0) is 15.6 Å². The van der Waals surface area contributed by atoms with Gasteiger partial charge in [0.15, 0.2) is 27.2 Å². The van der Waals surface area contributed by atoms with Crippen LogP contribution in [0.3, 0.4) is 0 Å². The minimum Gasteiger partial charge on any atom is -0.479 e. The molecule has 4 rings (SSSR count). The van der Waals surface area contributed by atoms with Gasteiger partial charge < -0.3 is 9.47 Å². The first-order chi connectivity index (χ1) is 17.3. The van der Waals surface area contributed by atoms with Gasteiger partial charge in [0.1, 0.15) is 12.1 Å². The average molecular weight is 529 g/mol. The lowest BCUT2D eigenvalue weighted by Crippen LogP contribution is -2.27. The molecule has 0 unspecified atom stereocenters. The molecule has 12 heteroatoms. The predicted molar refractivity (Wildman–Crippen MR) is 135 cm³/mol.